The van der Waals surface area contributed by atoms with Crippen molar-refractivity contribution >= 4 is 27.5 Å². The Morgan fingerprint density at radius 1 is 1.09 bits per heavy atom. The van der Waals surface area contributed by atoms with E-state index < -0.39 is 28.5 Å². The lowest BCUT2D eigenvalue weighted by atomic mass is 10.1. The molecule has 2 amide bonds. The van der Waals surface area contributed by atoms with Crippen LogP contribution in [-0.2, 0) is 26.2 Å². The Hall–Kier alpha value is -3.07. The van der Waals surface area contributed by atoms with Gasteiger partial charge in [-0.2, -0.15) is 0 Å². The van der Waals surface area contributed by atoms with E-state index in [4.69, 9.17) is 4.74 Å². The molecule has 0 bridgehead atoms. The van der Waals surface area contributed by atoms with Gasteiger partial charge in [0.2, 0.25) is 21.8 Å². The molecule has 8 nitrogen and oxygen atoms in total. The highest BCUT2D eigenvalue weighted by molar-refractivity contribution is 7.92. The van der Waals surface area contributed by atoms with Crippen LogP contribution in [0.4, 0.5) is 5.69 Å². The number of carbonyl (C=O) groups excluding carboxylic acids is 2. The second-order valence-electron chi connectivity index (χ2n) is 7.80. The first-order valence-corrected chi connectivity index (χ1v) is 12.7. The molecule has 0 spiro atoms. The van der Waals surface area contributed by atoms with Gasteiger partial charge in [-0.25, -0.2) is 8.42 Å². The van der Waals surface area contributed by atoms with Crippen LogP contribution in [0.25, 0.3) is 0 Å². The molecular weight excluding hydrogens is 442 g/mol. The van der Waals surface area contributed by atoms with E-state index in [1.165, 1.54) is 12.0 Å². The van der Waals surface area contributed by atoms with Crippen LogP contribution in [0, 0.1) is 0 Å². The minimum Gasteiger partial charge on any atom is -0.497 e. The molecule has 0 aliphatic carbocycles. The van der Waals surface area contributed by atoms with Crippen molar-refractivity contribution in [3.63, 3.8) is 0 Å². The lowest BCUT2D eigenvalue weighted by Gasteiger charge is -2.31. The van der Waals surface area contributed by atoms with E-state index in [2.05, 4.69) is 5.32 Å². The van der Waals surface area contributed by atoms with E-state index in [0.29, 0.717) is 18.0 Å². The largest absolute Gasteiger partial charge is 0.497 e. The molecule has 0 aliphatic rings. The SMILES string of the molecule is CCCCNC(=O)[C@@H](C)N(Cc1ccccc1)C(=O)CN(c1cccc(OC)c1)S(C)(=O)=O. The minimum absolute atomic E-state index is 0.178. The molecule has 0 radical (unpaired) electrons. The third kappa shape index (κ3) is 7.78. The molecule has 0 saturated carbocycles. The number of hydrogen-bond donors (Lipinski definition) is 1. The van der Waals surface area contributed by atoms with Crippen molar-refractivity contribution in [1.29, 1.82) is 0 Å². The van der Waals surface area contributed by atoms with Gasteiger partial charge in [0, 0.05) is 19.2 Å². The highest BCUT2D eigenvalue weighted by Gasteiger charge is 2.30. The third-order valence-electron chi connectivity index (χ3n) is 5.21. The fourth-order valence-corrected chi connectivity index (χ4v) is 4.12. The lowest BCUT2D eigenvalue weighted by molar-refractivity contribution is -0.139. The van der Waals surface area contributed by atoms with Gasteiger partial charge < -0.3 is 15.0 Å². The molecule has 0 unspecified atom stereocenters. The molecular formula is C24H33N3O5S. The smallest absolute Gasteiger partial charge is 0.244 e. The number of unbranched alkanes of at least 4 members (excludes halogenated alkanes) is 1. The fourth-order valence-electron chi connectivity index (χ4n) is 3.28. The van der Waals surface area contributed by atoms with Crippen LogP contribution >= 0.6 is 0 Å². The zero-order valence-corrected chi connectivity index (χ0v) is 20.5. The topological polar surface area (TPSA) is 96.0 Å². The molecule has 33 heavy (non-hydrogen) atoms. The maximum Gasteiger partial charge on any atom is 0.244 e. The molecule has 0 fully saturated rings. The van der Waals surface area contributed by atoms with Crippen LogP contribution in [0.2, 0.25) is 0 Å². The Kier molecular flexibility index (Phi) is 9.72. The first kappa shape index (κ1) is 26.2. The van der Waals surface area contributed by atoms with Crippen molar-refractivity contribution in [2.45, 2.75) is 39.3 Å². The average Bonchev–Trinajstić information content (AvgIpc) is 2.80. The predicted molar refractivity (Wildman–Crippen MR) is 130 cm³/mol. The second kappa shape index (κ2) is 12.2. The first-order chi connectivity index (χ1) is 15.7. The van der Waals surface area contributed by atoms with E-state index in [1.807, 2.05) is 37.3 Å². The summed E-state index contributed by atoms with van der Waals surface area (Å²) in [7, 11) is -2.30. The summed E-state index contributed by atoms with van der Waals surface area (Å²) in [6.07, 6.45) is 2.82. The van der Waals surface area contributed by atoms with Gasteiger partial charge in [0.05, 0.1) is 19.1 Å². The third-order valence-corrected chi connectivity index (χ3v) is 6.35. The summed E-state index contributed by atoms with van der Waals surface area (Å²) in [5, 5.41) is 2.85. The van der Waals surface area contributed by atoms with E-state index in [-0.39, 0.29) is 12.5 Å². The number of ether oxygens (including phenoxy) is 1. The molecule has 180 valence electrons. The van der Waals surface area contributed by atoms with Gasteiger partial charge in [0.25, 0.3) is 0 Å². The number of rotatable bonds is 12. The van der Waals surface area contributed by atoms with Gasteiger partial charge >= 0.3 is 0 Å². The van der Waals surface area contributed by atoms with Gasteiger partial charge in [-0.15, -0.1) is 0 Å². The predicted octanol–water partition coefficient (Wildman–Crippen LogP) is 2.79. The summed E-state index contributed by atoms with van der Waals surface area (Å²) in [6.45, 7) is 3.94. The minimum atomic E-state index is -3.78. The summed E-state index contributed by atoms with van der Waals surface area (Å²) in [6, 6.07) is 15.0. The molecule has 2 rings (SSSR count). The number of hydrogen-bond acceptors (Lipinski definition) is 5. The molecule has 1 N–H and O–H groups in total. The molecule has 0 aliphatic heterocycles. The fraction of sp³-hybridized carbons (Fsp3) is 0.417. The number of sulfonamides is 1. The molecule has 2 aromatic carbocycles. The van der Waals surface area contributed by atoms with Crippen LogP contribution < -0.4 is 14.4 Å². The summed E-state index contributed by atoms with van der Waals surface area (Å²) >= 11 is 0. The zero-order chi connectivity index (χ0) is 24.4. The van der Waals surface area contributed by atoms with Crippen LogP contribution in [-0.4, -0.2) is 57.6 Å². The first-order valence-electron chi connectivity index (χ1n) is 10.9. The number of methoxy groups -OCH3 is 1. The molecule has 2 aromatic rings. The maximum absolute atomic E-state index is 13.4. The zero-order valence-electron chi connectivity index (χ0n) is 19.7. The van der Waals surface area contributed by atoms with Crippen LogP contribution in [0.5, 0.6) is 5.75 Å². The molecule has 0 saturated heterocycles. The number of amides is 2. The number of nitrogens with one attached hydrogen (secondary N) is 1. The summed E-state index contributed by atoms with van der Waals surface area (Å²) in [5.74, 6) is -0.288. The van der Waals surface area contributed by atoms with Crippen molar-refractivity contribution in [3.05, 3.63) is 60.2 Å². The van der Waals surface area contributed by atoms with Crippen molar-refractivity contribution in [3.8, 4) is 5.75 Å². The van der Waals surface area contributed by atoms with Gasteiger partial charge in [0.1, 0.15) is 18.3 Å². The Morgan fingerprint density at radius 2 is 1.79 bits per heavy atom. The van der Waals surface area contributed by atoms with Crippen molar-refractivity contribution in [1.82, 2.24) is 10.2 Å². The van der Waals surface area contributed by atoms with Crippen molar-refractivity contribution in [2.75, 3.05) is 30.8 Å². The van der Waals surface area contributed by atoms with Gasteiger partial charge in [0.15, 0.2) is 0 Å². The van der Waals surface area contributed by atoms with Crippen LogP contribution in [0.1, 0.15) is 32.3 Å². The number of nitrogens with zero attached hydrogens (tertiary/aromatic N) is 2. The summed E-state index contributed by atoms with van der Waals surface area (Å²) < 4.78 is 31.3. The van der Waals surface area contributed by atoms with Gasteiger partial charge in [-0.1, -0.05) is 49.7 Å². The Bertz CT molecular complexity index is 1030. The lowest BCUT2D eigenvalue weighted by Crippen LogP contribution is -2.51. The second-order valence-corrected chi connectivity index (χ2v) is 9.71. The van der Waals surface area contributed by atoms with E-state index in [1.54, 1.807) is 31.2 Å². The number of anilines is 1. The van der Waals surface area contributed by atoms with Crippen LogP contribution in [0.3, 0.4) is 0 Å². The standard InChI is InChI=1S/C24H33N3O5S/c1-5-6-15-25-24(29)19(2)26(17-20-11-8-7-9-12-20)23(28)18-27(33(4,30)31)21-13-10-14-22(16-21)32-3/h7-14,16,19H,5-6,15,17-18H2,1-4H3,(H,25,29)/t19-/m1/s1. The average molecular weight is 476 g/mol. The van der Waals surface area contributed by atoms with Crippen molar-refractivity contribution in [2.24, 2.45) is 0 Å². The molecule has 1 atom stereocenters. The number of benzene rings is 2. The normalized spacial score (nSPS) is 12.0. The van der Waals surface area contributed by atoms with E-state index in [0.717, 1.165) is 29.0 Å². The molecule has 0 aromatic heterocycles. The molecule has 0 heterocycles. The van der Waals surface area contributed by atoms with Crippen molar-refractivity contribution < 1.29 is 22.7 Å². The van der Waals surface area contributed by atoms with Gasteiger partial charge in [-0.05, 0) is 31.0 Å². The highest BCUT2D eigenvalue weighted by Crippen LogP contribution is 2.23. The summed E-state index contributed by atoms with van der Waals surface area (Å²) in [5.41, 5.74) is 1.15. The Labute approximate surface area is 196 Å². The maximum atomic E-state index is 13.4. The Balaban J connectivity index is 2.33. The highest BCUT2D eigenvalue weighted by atomic mass is 32.2. The number of carbonyl (C=O) groups is 2. The molecule has 9 heteroatoms. The Morgan fingerprint density at radius 3 is 2.39 bits per heavy atom. The van der Waals surface area contributed by atoms with E-state index >= 15 is 0 Å². The van der Waals surface area contributed by atoms with E-state index in [9.17, 15) is 18.0 Å². The monoisotopic (exact) mass is 475 g/mol. The van der Waals surface area contributed by atoms with Crippen LogP contribution in [0.15, 0.2) is 54.6 Å². The van der Waals surface area contributed by atoms with Gasteiger partial charge in [-0.3, -0.25) is 13.9 Å². The quantitative estimate of drug-likeness (QED) is 0.476. The summed E-state index contributed by atoms with van der Waals surface area (Å²) in [4.78, 5) is 27.6.